The molecular formula is C11H13ClN4. The van der Waals surface area contributed by atoms with Crippen molar-refractivity contribution in [1.82, 2.24) is 14.8 Å². The van der Waals surface area contributed by atoms with Gasteiger partial charge in [-0.3, -0.25) is 4.57 Å². The molecule has 2 aromatic rings. The average Bonchev–Trinajstić information content (AvgIpc) is 2.65. The van der Waals surface area contributed by atoms with Gasteiger partial charge >= 0.3 is 0 Å². The number of benzene rings is 1. The predicted octanol–water partition coefficient (Wildman–Crippen LogP) is 1.81. The second-order valence-corrected chi connectivity index (χ2v) is 4.21. The van der Waals surface area contributed by atoms with Crippen LogP contribution in [-0.4, -0.2) is 20.8 Å². The van der Waals surface area contributed by atoms with Crippen LogP contribution in [-0.2, 0) is 6.42 Å². The lowest BCUT2D eigenvalue weighted by atomic mass is 10.2. The van der Waals surface area contributed by atoms with Crippen LogP contribution in [0.5, 0.6) is 0 Å². The highest BCUT2D eigenvalue weighted by atomic mass is 35.5. The van der Waals surface area contributed by atoms with Gasteiger partial charge in [0.2, 0.25) is 0 Å². The number of halogens is 1. The van der Waals surface area contributed by atoms with Gasteiger partial charge in [-0.15, -0.1) is 10.2 Å². The van der Waals surface area contributed by atoms with Crippen molar-refractivity contribution in [1.29, 1.82) is 0 Å². The number of aromatic nitrogens is 3. The maximum Gasteiger partial charge on any atom is 0.138 e. The third-order valence-electron chi connectivity index (χ3n) is 2.21. The topological polar surface area (TPSA) is 56.7 Å². The molecule has 1 heterocycles. The Labute approximate surface area is 99.1 Å². The van der Waals surface area contributed by atoms with E-state index in [0.717, 1.165) is 11.5 Å². The highest BCUT2D eigenvalue weighted by Gasteiger charge is 2.08. The maximum atomic E-state index is 5.94. The highest BCUT2D eigenvalue weighted by molar-refractivity contribution is 6.30. The molecule has 0 spiro atoms. The van der Waals surface area contributed by atoms with E-state index in [4.69, 9.17) is 17.3 Å². The lowest BCUT2D eigenvalue weighted by Crippen LogP contribution is -2.20. The van der Waals surface area contributed by atoms with Crippen LogP contribution in [0, 0.1) is 0 Å². The van der Waals surface area contributed by atoms with Gasteiger partial charge in [0.15, 0.2) is 0 Å². The van der Waals surface area contributed by atoms with Gasteiger partial charge in [-0.2, -0.15) is 0 Å². The van der Waals surface area contributed by atoms with Crippen LogP contribution in [0.4, 0.5) is 0 Å². The monoisotopic (exact) mass is 236 g/mol. The highest BCUT2D eigenvalue weighted by Crippen LogP contribution is 2.16. The van der Waals surface area contributed by atoms with E-state index >= 15 is 0 Å². The minimum absolute atomic E-state index is 0.0575. The summed E-state index contributed by atoms with van der Waals surface area (Å²) >= 11 is 5.94. The number of hydrogen-bond acceptors (Lipinski definition) is 3. The predicted molar refractivity (Wildman–Crippen MR) is 63.7 cm³/mol. The zero-order valence-corrected chi connectivity index (χ0v) is 9.72. The first kappa shape index (κ1) is 11.1. The van der Waals surface area contributed by atoms with E-state index in [9.17, 15) is 0 Å². The molecule has 16 heavy (non-hydrogen) atoms. The Morgan fingerprint density at radius 1 is 1.50 bits per heavy atom. The maximum absolute atomic E-state index is 5.94. The van der Waals surface area contributed by atoms with Crippen LogP contribution in [0.15, 0.2) is 30.6 Å². The first-order valence-corrected chi connectivity index (χ1v) is 5.45. The van der Waals surface area contributed by atoms with Crippen LogP contribution >= 0.6 is 11.6 Å². The molecule has 2 rings (SSSR count). The Kier molecular flexibility index (Phi) is 3.22. The Morgan fingerprint density at radius 2 is 2.31 bits per heavy atom. The molecule has 0 amide bonds. The van der Waals surface area contributed by atoms with E-state index in [1.54, 1.807) is 6.33 Å². The molecule has 0 radical (unpaired) electrons. The van der Waals surface area contributed by atoms with Gasteiger partial charge in [-0.25, -0.2) is 0 Å². The summed E-state index contributed by atoms with van der Waals surface area (Å²) in [5, 5.41) is 8.64. The first-order valence-electron chi connectivity index (χ1n) is 5.07. The van der Waals surface area contributed by atoms with Crippen LogP contribution < -0.4 is 5.73 Å². The van der Waals surface area contributed by atoms with E-state index in [2.05, 4.69) is 10.2 Å². The lowest BCUT2D eigenvalue weighted by Gasteiger charge is -2.08. The Hall–Kier alpha value is -1.39. The molecule has 5 heteroatoms. The van der Waals surface area contributed by atoms with Gasteiger partial charge in [-0.05, 0) is 25.1 Å². The number of rotatable bonds is 3. The van der Waals surface area contributed by atoms with E-state index in [-0.39, 0.29) is 6.04 Å². The summed E-state index contributed by atoms with van der Waals surface area (Å²) in [5.41, 5.74) is 6.71. The van der Waals surface area contributed by atoms with Crippen LogP contribution in [0.2, 0.25) is 5.02 Å². The van der Waals surface area contributed by atoms with Crippen LogP contribution in [0.25, 0.3) is 5.69 Å². The fourth-order valence-corrected chi connectivity index (χ4v) is 1.71. The minimum atomic E-state index is 0.0575. The third-order valence-corrected chi connectivity index (χ3v) is 2.44. The second kappa shape index (κ2) is 4.63. The number of hydrogen-bond donors (Lipinski definition) is 1. The van der Waals surface area contributed by atoms with Gasteiger partial charge in [0.1, 0.15) is 12.2 Å². The first-order chi connectivity index (χ1) is 7.66. The molecule has 1 atom stereocenters. The fraction of sp³-hybridized carbons (Fsp3) is 0.273. The van der Waals surface area contributed by atoms with Crippen LogP contribution in [0.3, 0.4) is 0 Å². The summed E-state index contributed by atoms with van der Waals surface area (Å²) in [4.78, 5) is 0. The Morgan fingerprint density at radius 3 is 3.00 bits per heavy atom. The quantitative estimate of drug-likeness (QED) is 0.884. The molecule has 1 aromatic heterocycles. The second-order valence-electron chi connectivity index (χ2n) is 3.78. The average molecular weight is 237 g/mol. The summed E-state index contributed by atoms with van der Waals surface area (Å²) in [7, 11) is 0. The Bertz CT molecular complexity index is 478. The molecule has 4 nitrogen and oxygen atoms in total. The van der Waals surface area contributed by atoms with Crippen molar-refractivity contribution in [3.8, 4) is 5.69 Å². The molecule has 0 saturated heterocycles. The van der Waals surface area contributed by atoms with Crippen LogP contribution in [0.1, 0.15) is 12.7 Å². The largest absolute Gasteiger partial charge is 0.328 e. The van der Waals surface area contributed by atoms with Crippen molar-refractivity contribution in [3.05, 3.63) is 41.4 Å². The van der Waals surface area contributed by atoms with Crippen molar-refractivity contribution in [2.45, 2.75) is 19.4 Å². The third kappa shape index (κ3) is 2.40. The van der Waals surface area contributed by atoms with E-state index in [0.29, 0.717) is 11.4 Å². The fourth-order valence-electron chi connectivity index (χ4n) is 1.53. The zero-order valence-electron chi connectivity index (χ0n) is 8.97. The summed E-state index contributed by atoms with van der Waals surface area (Å²) in [5.74, 6) is 0.845. The molecule has 1 unspecified atom stereocenters. The van der Waals surface area contributed by atoms with Gasteiger partial charge in [0.25, 0.3) is 0 Å². The summed E-state index contributed by atoms with van der Waals surface area (Å²) in [6, 6.07) is 7.62. The molecule has 84 valence electrons. The minimum Gasteiger partial charge on any atom is -0.328 e. The molecule has 0 aliphatic heterocycles. The van der Waals surface area contributed by atoms with Crippen molar-refractivity contribution < 1.29 is 0 Å². The molecule has 0 bridgehead atoms. The van der Waals surface area contributed by atoms with E-state index < -0.39 is 0 Å². The van der Waals surface area contributed by atoms with E-state index in [1.807, 2.05) is 35.8 Å². The Balaban J connectivity index is 2.37. The SMILES string of the molecule is CC(N)Cc1nncn1-c1cccc(Cl)c1. The molecular weight excluding hydrogens is 224 g/mol. The molecule has 0 aliphatic rings. The van der Waals surface area contributed by atoms with Crippen molar-refractivity contribution >= 4 is 11.6 Å². The summed E-state index contributed by atoms with van der Waals surface area (Å²) in [6.45, 7) is 1.94. The van der Waals surface area contributed by atoms with Gasteiger partial charge in [0.05, 0.1) is 0 Å². The molecule has 2 N–H and O–H groups in total. The van der Waals surface area contributed by atoms with Gasteiger partial charge < -0.3 is 5.73 Å². The van der Waals surface area contributed by atoms with Gasteiger partial charge in [0, 0.05) is 23.2 Å². The molecule has 0 aliphatic carbocycles. The lowest BCUT2D eigenvalue weighted by molar-refractivity contribution is 0.688. The van der Waals surface area contributed by atoms with Gasteiger partial charge in [-0.1, -0.05) is 17.7 Å². The van der Waals surface area contributed by atoms with Crippen molar-refractivity contribution in [3.63, 3.8) is 0 Å². The molecule has 0 saturated carbocycles. The van der Waals surface area contributed by atoms with E-state index in [1.165, 1.54) is 0 Å². The molecule has 1 aromatic carbocycles. The number of nitrogens with two attached hydrogens (primary N) is 1. The number of nitrogens with zero attached hydrogens (tertiary/aromatic N) is 3. The normalized spacial score (nSPS) is 12.7. The summed E-state index contributed by atoms with van der Waals surface area (Å²) in [6.07, 6.45) is 2.36. The molecule has 0 fully saturated rings. The van der Waals surface area contributed by atoms with Crippen molar-refractivity contribution in [2.24, 2.45) is 5.73 Å². The summed E-state index contributed by atoms with van der Waals surface area (Å²) < 4.78 is 1.90. The zero-order chi connectivity index (χ0) is 11.5. The standard InChI is InChI=1S/C11H13ClN4/c1-8(13)5-11-15-14-7-16(11)10-4-2-3-9(12)6-10/h2-4,6-8H,5,13H2,1H3. The van der Waals surface area contributed by atoms with Crippen molar-refractivity contribution in [2.75, 3.05) is 0 Å². The smallest absolute Gasteiger partial charge is 0.138 e.